The predicted molar refractivity (Wildman–Crippen MR) is 135 cm³/mol. The molecule has 0 unspecified atom stereocenters. The Kier molecular flexibility index (Phi) is 8.09. The van der Waals surface area contributed by atoms with E-state index in [1.165, 1.54) is 16.2 Å². The topological polar surface area (TPSA) is 102 Å². The summed E-state index contributed by atoms with van der Waals surface area (Å²) in [6.45, 7) is 1.32. The second-order valence-corrected chi connectivity index (χ2v) is 9.47. The highest BCUT2D eigenvalue weighted by Gasteiger charge is 2.30. The molecule has 0 aliphatic carbocycles. The highest BCUT2D eigenvalue weighted by molar-refractivity contribution is 7.14. The van der Waals surface area contributed by atoms with Crippen molar-refractivity contribution in [3.63, 3.8) is 0 Å². The molecule has 1 aliphatic heterocycles. The first kappa shape index (κ1) is 24.8. The van der Waals surface area contributed by atoms with E-state index < -0.39 is 11.9 Å². The van der Waals surface area contributed by atoms with E-state index in [0.717, 1.165) is 35.2 Å². The van der Waals surface area contributed by atoms with E-state index in [1.807, 2.05) is 41.8 Å². The van der Waals surface area contributed by atoms with Gasteiger partial charge in [-0.1, -0.05) is 24.3 Å². The number of ether oxygens (including phenoxy) is 2. The summed E-state index contributed by atoms with van der Waals surface area (Å²) in [7, 11) is 3.25. The highest BCUT2D eigenvalue weighted by Crippen LogP contribution is 2.35. The number of aliphatic carboxylic acids is 1. The van der Waals surface area contributed by atoms with Gasteiger partial charge in [0.2, 0.25) is 11.8 Å². The predicted octanol–water partition coefficient (Wildman–Crippen LogP) is 4.75. The number of rotatable bonds is 9. The van der Waals surface area contributed by atoms with Crippen LogP contribution in [-0.2, 0) is 14.3 Å². The zero-order chi connectivity index (χ0) is 24.8. The van der Waals surface area contributed by atoms with Gasteiger partial charge in [0, 0.05) is 54.9 Å². The van der Waals surface area contributed by atoms with E-state index in [-0.39, 0.29) is 12.3 Å². The Bertz CT molecular complexity index is 1160. The van der Waals surface area contributed by atoms with Gasteiger partial charge in [-0.25, -0.2) is 9.97 Å². The van der Waals surface area contributed by atoms with Crippen LogP contribution < -0.4 is 9.64 Å². The molecule has 9 heteroatoms. The molecule has 3 aromatic rings. The van der Waals surface area contributed by atoms with Gasteiger partial charge in [0.05, 0.1) is 19.2 Å². The Balaban J connectivity index is 1.55. The summed E-state index contributed by atoms with van der Waals surface area (Å²) >= 11 is 1.36. The minimum absolute atomic E-state index is 0.188. The van der Waals surface area contributed by atoms with Crippen LogP contribution >= 0.6 is 11.3 Å². The Morgan fingerprint density at radius 3 is 2.60 bits per heavy atom. The molecular formula is C26H29N3O5S. The molecule has 1 saturated heterocycles. The van der Waals surface area contributed by atoms with Crippen molar-refractivity contribution >= 4 is 28.3 Å². The highest BCUT2D eigenvalue weighted by atomic mass is 32.1. The third-order valence-electron chi connectivity index (χ3n) is 6.30. The number of hydrogen-bond acceptors (Lipinski definition) is 7. The molecule has 1 amide bonds. The molecule has 1 fully saturated rings. The van der Waals surface area contributed by atoms with Crippen molar-refractivity contribution in [2.45, 2.75) is 25.7 Å². The van der Waals surface area contributed by atoms with E-state index in [1.54, 1.807) is 20.4 Å². The van der Waals surface area contributed by atoms with Gasteiger partial charge in [-0.15, -0.1) is 11.3 Å². The SMILES string of the molecule is COc1ccc(-c2ccccc2-c2csc(N(C)C(=O)[C@@H](CC(=O)O)CC3CCOCC3)n2)cn1. The number of hydrogen-bond donors (Lipinski definition) is 1. The van der Waals surface area contributed by atoms with Crippen LogP contribution in [0.4, 0.5) is 5.13 Å². The zero-order valence-corrected chi connectivity index (χ0v) is 20.7. The van der Waals surface area contributed by atoms with Crippen molar-refractivity contribution in [1.29, 1.82) is 0 Å². The Morgan fingerprint density at radius 2 is 1.94 bits per heavy atom. The first-order valence-corrected chi connectivity index (χ1v) is 12.5. The monoisotopic (exact) mass is 495 g/mol. The Labute approximate surface area is 208 Å². The smallest absolute Gasteiger partial charge is 0.304 e. The maximum absolute atomic E-state index is 13.3. The second kappa shape index (κ2) is 11.4. The van der Waals surface area contributed by atoms with Gasteiger partial charge >= 0.3 is 5.97 Å². The minimum atomic E-state index is -0.967. The third kappa shape index (κ3) is 6.04. The quantitative estimate of drug-likeness (QED) is 0.457. The number of nitrogens with zero attached hydrogens (tertiary/aromatic N) is 3. The summed E-state index contributed by atoms with van der Waals surface area (Å²) in [5, 5.41) is 11.9. The summed E-state index contributed by atoms with van der Waals surface area (Å²) in [6, 6.07) is 11.6. The number of pyridine rings is 1. The molecule has 2 aromatic heterocycles. The van der Waals surface area contributed by atoms with Gasteiger partial charge in [0.15, 0.2) is 5.13 Å². The average molecular weight is 496 g/mol. The molecule has 8 nitrogen and oxygen atoms in total. The second-order valence-electron chi connectivity index (χ2n) is 8.63. The lowest BCUT2D eigenvalue weighted by molar-refractivity contribution is -0.141. The zero-order valence-electron chi connectivity index (χ0n) is 19.8. The third-order valence-corrected chi connectivity index (χ3v) is 7.22. The number of carbonyl (C=O) groups excluding carboxylic acids is 1. The molecule has 1 atom stereocenters. The van der Waals surface area contributed by atoms with Gasteiger partial charge in [-0.3, -0.25) is 14.5 Å². The van der Waals surface area contributed by atoms with E-state index >= 15 is 0 Å². The van der Waals surface area contributed by atoms with Crippen molar-refractivity contribution in [2.24, 2.45) is 11.8 Å². The molecule has 0 bridgehead atoms. The van der Waals surface area contributed by atoms with Crippen LogP contribution in [0, 0.1) is 11.8 Å². The first-order chi connectivity index (χ1) is 17.0. The van der Waals surface area contributed by atoms with Gasteiger partial charge in [-0.2, -0.15) is 0 Å². The van der Waals surface area contributed by atoms with Crippen LogP contribution in [0.15, 0.2) is 48.0 Å². The fraction of sp³-hybridized carbons (Fsp3) is 0.385. The molecule has 4 rings (SSSR count). The summed E-state index contributed by atoms with van der Waals surface area (Å²) in [6.07, 6.45) is 3.82. The molecule has 184 valence electrons. The number of carbonyl (C=O) groups is 2. The standard InChI is InChI=1S/C26H29N3O5S/c1-29(25(32)19(14-24(30)31)13-17-9-11-34-12-10-17)26-28-22(16-35-26)21-6-4-3-5-20(21)18-7-8-23(33-2)27-15-18/h3-8,15-17,19H,9-14H2,1-2H3,(H,30,31)/t19-/m1/s1. The summed E-state index contributed by atoms with van der Waals surface area (Å²) in [5.74, 6) is -0.940. The number of carboxylic acids is 1. The molecule has 0 radical (unpaired) electrons. The average Bonchev–Trinajstić information content (AvgIpc) is 3.38. The summed E-state index contributed by atoms with van der Waals surface area (Å²) < 4.78 is 10.6. The van der Waals surface area contributed by atoms with Gasteiger partial charge in [0.1, 0.15) is 0 Å². The lowest BCUT2D eigenvalue weighted by atomic mass is 9.86. The minimum Gasteiger partial charge on any atom is -0.481 e. The van der Waals surface area contributed by atoms with Crippen LogP contribution in [0.1, 0.15) is 25.7 Å². The van der Waals surface area contributed by atoms with Crippen LogP contribution in [0.3, 0.4) is 0 Å². The van der Waals surface area contributed by atoms with Gasteiger partial charge in [0.25, 0.3) is 0 Å². The number of anilines is 1. The van der Waals surface area contributed by atoms with Crippen LogP contribution in [0.25, 0.3) is 22.4 Å². The Morgan fingerprint density at radius 1 is 1.20 bits per heavy atom. The largest absolute Gasteiger partial charge is 0.481 e. The van der Waals surface area contributed by atoms with Crippen LogP contribution in [0.2, 0.25) is 0 Å². The molecule has 0 spiro atoms. The number of methoxy groups -OCH3 is 1. The molecule has 1 N–H and O–H groups in total. The Hall–Kier alpha value is -3.30. The lowest BCUT2D eigenvalue weighted by Crippen LogP contribution is -2.35. The van der Waals surface area contributed by atoms with Gasteiger partial charge < -0.3 is 14.6 Å². The van der Waals surface area contributed by atoms with Crippen LogP contribution in [-0.4, -0.2) is 54.3 Å². The van der Waals surface area contributed by atoms with Crippen molar-refractivity contribution in [3.05, 3.63) is 48.0 Å². The molecule has 1 aromatic carbocycles. The number of aromatic nitrogens is 2. The maximum Gasteiger partial charge on any atom is 0.304 e. The first-order valence-electron chi connectivity index (χ1n) is 11.6. The van der Waals surface area contributed by atoms with Crippen molar-refractivity contribution < 1.29 is 24.2 Å². The lowest BCUT2D eigenvalue weighted by Gasteiger charge is -2.27. The summed E-state index contributed by atoms with van der Waals surface area (Å²) in [5.41, 5.74) is 3.57. The van der Waals surface area contributed by atoms with Crippen molar-refractivity contribution in [3.8, 4) is 28.3 Å². The summed E-state index contributed by atoms with van der Waals surface area (Å²) in [4.78, 5) is 35.4. The fourth-order valence-electron chi connectivity index (χ4n) is 4.40. The molecule has 0 saturated carbocycles. The molecular weight excluding hydrogens is 466 g/mol. The molecule has 3 heterocycles. The van der Waals surface area contributed by atoms with E-state index in [9.17, 15) is 14.7 Å². The molecule has 35 heavy (non-hydrogen) atoms. The number of thiazole rings is 1. The van der Waals surface area contributed by atoms with E-state index in [2.05, 4.69) is 4.98 Å². The van der Waals surface area contributed by atoms with E-state index in [0.29, 0.717) is 36.6 Å². The van der Waals surface area contributed by atoms with Crippen molar-refractivity contribution in [1.82, 2.24) is 9.97 Å². The number of carboxylic acid groups (broad SMARTS) is 1. The maximum atomic E-state index is 13.3. The number of benzene rings is 1. The van der Waals surface area contributed by atoms with E-state index in [4.69, 9.17) is 14.5 Å². The van der Waals surface area contributed by atoms with Crippen molar-refractivity contribution in [2.75, 3.05) is 32.3 Å². The number of amides is 1. The molecule has 1 aliphatic rings. The van der Waals surface area contributed by atoms with Crippen LogP contribution in [0.5, 0.6) is 5.88 Å². The van der Waals surface area contributed by atoms with Gasteiger partial charge in [-0.05, 0) is 36.8 Å². The fourth-order valence-corrected chi connectivity index (χ4v) is 5.19. The normalized spacial score (nSPS) is 14.9.